The van der Waals surface area contributed by atoms with Crippen molar-refractivity contribution in [1.82, 2.24) is 10.2 Å². The molecule has 1 amide bonds. The Bertz CT molecular complexity index is 794. The highest BCUT2D eigenvalue weighted by Gasteiger charge is 2.24. The van der Waals surface area contributed by atoms with Gasteiger partial charge in [-0.15, -0.1) is 0 Å². The number of aliphatic hydroxyl groups excluding tert-OH is 1. The normalized spacial score (nSPS) is 12.3. The monoisotopic (exact) mass is 587 g/mol. The molecule has 0 saturated carbocycles. The number of epoxide rings is 1. The largest absolute Gasteiger partial charge is 0.461 e. The number of ether oxygens (including phenoxy) is 5. The number of amides is 1. The summed E-state index contributed by atoms with van der Waals surface area (Å²) in [4.78, 5) is 44.2. The molecule has 0 aliphatic carbocycles. The molecule has 13 nitrogen and oxygen atoms in total. The minimum absolute atomic E-state index is 0.0184. The van der Waals surface area contributed by atoms with Crippen LogP contribution in [0.2, 0.25) is 0 Å². The maximum atomic E-state index is 10.8. The number of nitrogens with two attached hydrogens (primary N) is 1. The fourth-order valence-corrected chi connectivity index (χ4v) is 1.73. The minimum Gasteiger partial charge on any atom is -0.461 e. The smallest absolute Gasteiger partial charge is 0.333 e. The van der Waals surface area contributed by atoms with Crippen molar-refractivity contribution >= 4 is 23.8 Å². The second kappa shape index (κ2) is 29.6. The van der Waals surface area contributed by atoms with Crippen molar-refractivity contribution in [3.8, 4) is 0 Å². The number of hydrogen-bond donors (Lipinski definition) is 3. The zero-order valence-corrected chi connectivity index (χ0v) is 25.0. The molecule has 0 bridgehead atoms. The SMILES string of the molecule is C=C(C)C(=O)NCCCN.C=C(C)C(=O)OCC1CO1.C=CC(=O)OCCN(C)C.C=CC(=O)OCCOCCO. The minimum atomic E-state index is -0.461. The van der Waals surface area contributed by atoms with Crippen LogP contribution in [0.25, 0.3) is 0 Å². The summed E-state index contributed by atoms with van der Waals surface area (Å²) < 4.78 is 23.7. The number of nitrogens with zero attached hydrogens (tertiary/aromatic N) is 1. The van der Waals surface area contributed by atoms with Crippen molar-refractivity contribution in [1.29, 1.82) is 0 Å². The van der Waals surface area contributed by atoms with Gasteiger partial charge in [-0.3, -0.25) is 4.79 Å². The van der Waals surface area contributed by atoms with E-state index in [9.17, 15) is 19.2 Å². The Morgan fingerprint density at radius 2 is 1.54 bits per heavy atom. The van der Waals surface area contributed by atoms with Crippen LogP contribution in [0, 0.1) is 0 Å². The Morgan fingerprint density at radius 1 is 0.976 bits per heavy atom. The topological polar surface area (TPSA) is 179 Å². The van der Waals surface area contributed by atoms with Crippen LogP contribution in [0.5, 0.6) is 0 Å². The number of carbonyl (C=O) groups is 4. The van der Waals surface area contributed by atoms with Crippen molar-refractivity contribution in [3.63, 3.8) is 0 Å². The van der Waals surface area contributed by atoms with Crippen LogP contribution in [-0.4, -0.2) is 120 Å². The van der Waals surface area contributed by atoms with E-state index in [1.54, 1.807) is 13.8 Å². The van der Waals surface area contributed by atoms with Crippen LogP contribution in [-0.2, 0) is 42.9 Å². The Labute approximate surface area is 244 Å². The van der Waals surface area contributed by atoms with Gasteiger partial charge in [-0.2, -0.15) is 0 Å². The van der Waals surface area contributed by atoms with E-state index in [4.69, 9.17) is 29.8 Å². The number of hydrogen-bond acceptors (Lipinski definition) is 12. The predicted molar refractivity (Wildman–Crippen MR) is 156 cm³/mol. The average molecular weight is 588 g/mol. The van der Waals surface area contributed by atoms with E-state index in [1.165, 1.54) is 0 Å². The van der Waals surface area contributed by atoms with Gasteiger partial charge in [0, 0.05) is 36.4 Å². The predicted octanol–water partition coefficient (Wildman–Crippen LogP) is 0.534. The lowest BCUT2D eigenvalue weighted by Gasteiger charge is -2.07. The van der Waals surface area contributed by atoms with Gasteiger partial charge in [-0.25, -0.2) is 14.4 Å². The second-order valence-corrected chi connectivity index (χ2v) is 8.40. The summed E-state index contributed by atoms with van der Waals surface area (Å²) in [7, 11) is 3.84. The van der Waals surface area contributed by atoms with Crippen LogP contribution in [0.3, 0.4) is 0 Å². The van der Waals surface area contributed by atoms with Crippen molar-refractivity contribution in [2.75, 3.05) is 80.0 Å². The molecule has 13 heteroatoms. The van der Waals surface area contributed by atoms with Crippen LogP contribution < -0.4 is 11.1 Å². The van der Waals surface area contributed by atoms with Gasteiger partial charge in [-0.1, -0.05) is 26.3 Å². The fraction of sp³-hybridized carbons (Fsp3) is 0.571. The van der Waals surface area contributed by atoms with Crippen LogP contribution in [0.4, 0.5) is 0 Å². The third kappa shape index (κ3) is 36.6. The maximum Gasteiger partial charge on any atom is 0.333 e. The first kappa shape index (κ1) is 42.1. The Kier molecular flexibility index (Phi) is 30.4. The van der Waals surface area contributed by atoms with Gasteiger partial charge in [0.05, 0.1) is 26.4 Å². The molecule has 41 heavy (non-hydrogen) atoms. The molecular weight excluding hydrogens is 538 g/mol. The maximum absolute atomic E-state index is 10.8. The van der Waals surface area contributed by atoms with Gasteiger partial charge in [0.15, 0.2) is 0 Å². The second-order valence-electron chi connectivity index (χ2n) is 8.40. The highest BCUT2D eigenvalue weighted by Crippen LogP contribution is 2.09. The van der Waals surface area contributed by atoms with Crippen molar-refractivity contribution in [2.24, 2.45) is 5.73 Å². The van der Waals surface area contributed by atoms with E-state index in [2.05, 4.69) is 36.4 Å². The molecule has 1 aliphatic heterocycles. The van der Waals surface area contributed by atoms with E-state index < -0.39 is 5.97 Å². The summed E-state index contributed by atoms with van der Waals surface area (Å²) in [6, 6.07) is 0. The quantitative estimate of drug-likeness (QED) is 0.0708. The Hall–Kier alpha value is -3.36. The van der Waals surface area contributed by atoms with Crippen LogP contribution in [0.1, 0.15) is 20.3 Å². The molecule has 1 rings (SSSR count). The van der Waals surface area contributed by atoms with Gasteiger partial charge >= 0.3 is 17.9 Å². The molecule has 1 unspecified atom stereocenters. The number of nitrogens with one attached hydrogen (secondary N) is 1. The summed E-state index contributed by atoms with van der Waals surface area (Å²) in [5.41, 5.74) is 6.19. The van der Waals surface area contributed by atoms with Crippen molar-refractivity contribution in [3.05, 3.63) is 49.6 Å². The zero-order valence-electron chi connectivity index (χ0n) is 25.0. The van der Waals surface area contributed by atoms with Crippen LogP contribution >= 0.6 is 0 Å². The van der Waals surface area contributed by atoms with Gasteiger partial charge in [0.2, 0.25) is 5.91 Å². The molecule has 0 aromatic heterocycles. The molecule has 1 saturated heterocycles. The first-order chi connectivity index (χ1) is 19.4. The first-order valence-electron chi connectivity index (χ1n) is 12.9. The molecule has 0 aromatic rings. The Morgan fingerprint density at radius 3 is 1.95 bits per heavy atom. The lowest BCUT2D eigenvalue weighted by Crippen LogP contribution is -2.26. The first-order valence-corrected chi connectivity index (χ1v) is 12.9. The molecule has 1 fully saturated rings. The molecule has 236 valence electrons. The summed E-state index contributed by atoms with van der Waals surface area (Å²) in [5.74, 6) is -1.25. The number of likely N-dealkylation sites (N-methyl/N-ethyl adjacent to an activating group) is 1. The van der Waals surface area contributed by atoms with Crippen molar-refractivity contribution in [2.45, 2.75) is 26.4 Å². The standard InChI is InChI=1S/C7H14N2O.C7H13NO2.C7H12O4.C7H10O3/c1-6(2)7(10)9-5-3-4-8;1-4-7(9)10-6-5-8(2)3;1-2-7(9)11-6-5-10-4-3-8;1-5(2)7(8)10-4-6-3-9-6/h1,3-5,8H2,2H3,(H,9,10);4H,1,5-6H2,2-3H3;2,8H,1,3-6H2;6H,1,3-4H2,2H3. The highest BCUT2D eigenvalue weighted by molar-refractivity contribution is 5.92. The Balaban J connectivity index is -0.000000470. The molecular formula is C28H49N3O10. The molecule has 0 radical (unpaired) electrons. The van der Waals surface area contributed by atoms with E-state index in [-0.39, 0.29) is 43.8 Å². The molecule has 0 spiro atoms. The fourth-order valence-electron chi connectivity index (χ4n) is 1.73. The third-order valence-corrected chi connectivity index (χ3v) is 4.03. The number of esters is 3. The molecule has 0 aromatic carbocycles. The van der Waals surface area contributed by atoms with Gasteiger partial charge in [-0.05, 0) is 40.9 Å². The lowest BCUT2D eigenvalue weighted by molar-refractivity contribution is -0.140. The number of carbonyl (C=O) groups excluding carboxylic acids is 4. The zero-order chi connectivity index (χ0) is 32.1. The molecule has 4 N–H and O–H groups in total. The van der Waals surface area contributed by atoms with E-state index in [1.807, 2.05) is 19.0 Å². The average Bonchev–Trinajstić information content (AvgIpc) is 3.76. The van der Waals surface area contributed by atoms with E-state index >= 15 is 0 Å². The van der Waals surface area contributed by atoms with Gasteiger partial charge in [0.1, 0.15) is 25.9 Å². The molecule has 1 atom stereocenters. The summed E-state index contributed by atoms with van der Waals surface area (Å²) in [6.07, 6.45) is 3.21. The summed E-state index contributed by atoms with van der Waals surface area (Å²) in [6.45, 7) is 21.0. The van der Waals surface area contributed by atoms with Gasteiger partial charge in [0.25, 0.3) is 0 Å². The van der Waals surface area contributed by atoms with E-state index in [0.29, 0.717) is 50.7 Å². The highest BCUT2D eigenvalue weighted by atomic mass is 16.6. The third-order valence-electron chi connectivity index (χ3n) is 4.03. The number of rotatable bonds is 17. The van der Waals surface area contributed by atoms with E-state index in [0.717, 1.165) is 25.1 Å². The molecule has 1 heterocycles. The summed E-state index contributed by atoms with van der Waals surface area (Å²) in [5, 5.41) is 10.9. The lowest BCUT2D eigenvalue weighted by atomic mass is 10.3. The van der Waals surface area contributed by atoms with Crippen molar-refractivity contribution < 1.29 is 48.0 Å². The van der Waals surface area contributed by atoms with Crippen LogP contribution in [0.15, 0.2) is 49.6 Å². The molecule has 1 aliphatic rings. The number of aliphatic hydroxyl groups is 1. The summed E-state index contributed by atoms with van der Waals surface area (Å²) >= 11 is 0. The van der Waals surface area contributed by atoms with Gasteiger partial charge < -0.3 is 44.7 Å².